The lowest BCUT2D eigenvalue weighted by atomic mass is 10.2. The summed E-state index contributed by atoms with van der Waals surface area (Å²) in [5.41, 5.74) is 2.63. The van der Waals surface area contributed by atoms with Gasteiger partial charge in [-0.05, 0) is 30.7 Å². The van der Waals surface area contributed by atoms with E-state index in [1.807, 2.05) is 43.3 Å². The van der Waals surface area contributed by atoms with Crippen molar-refractivity contribution in [2.24, 2.45) is 0 Å². The molecule has 0 unspecified atom stereocenters. The second-order valence-corrected chi connectivity index (χ2v) is 4.89. The number of hydrogen-bond donors (Lipinski definition) is 2. The van der Waals surface area contributed by atoms with E-state index in [1.165, 1.54) is 0 Å². The van der Waals surface area contributed by atoms with Crippen molar-refractivity contribution in [2.45, 2.75) is 13.3 Å². The number of rotatable bonds is 4. The molecule has 0 atom stereocenters. The van der Waals surface area contributed by atoms with E-state index in [2.05, 4.69) is 25.5 Å². The topological polar surface area (TPSA) is 83.6 Å². The van der Waals surface area contributed by atoms with E-state index >= 15 is 0 Å². The Morgan fingerprint density at radius 3 is 2.86 bits per heavy atom. The van der Waals surface area contributed by atoms with Crippen molar-refractivity contribution in [3.8, 4) is 11.4 Å². The van der Waals surface area contributed by atoms with E-state index in [9.17, 15) is 4.79 Å². The maximum Gasteiger partial charge on any atom is 0.232 e. The lowest BCUT2D eigenvalue weighted by Gasteiger charge is -2.06. The van der Waals surface area contributed by atoms with Gasteiger partial charge >= 0.3 is 0 Å². The molecule has 22 heavy (non-hydrogen) atoms. The van der Waals surface area contributed by atoms with Crippen LogP contribution in [0.1, 0.15) is 11.4 Å². The molecule has 1 aromatic carbocycles. The summed E-state index contributed by atoms with van der Waals surface area (Å²) in [6, 6.07) is 11.3. The average molecular weight is 293 g/mol. The van der Waals surface area contributed by atoms with Gasteiger partial charge in [-0.25, -0.2) is 4.98 Å². The van der Waals surface area contributed by atoms with Gasteiger partial charge in [0.1, 0.15) is 5.82 Å². The second kappa shape index (κ2) is 6.17. The van der Waals surface area contributed by atoms with Crippen LogP contribution >= 0.6 is 0 Å². The summed E-state index contributed by atoms with van der Waals surface area (Å²) in [5.74, 6) is 0.917. The van der Waals surface area contributed by atoms with Gasteiger partial charge in [0.15, 0.2) is 5.82 Å². The van der Waals surface area contributed by atoms with Gasteiger partial charge in [0.05, 0.1) is 6.42 Å². The van der Waals surface area contributed by atoms with Crippen molar-refractivity contribution in [3.05, 3.63) is 60.2 Å². The number of para-hydroxylation sites is 1. The first-order valence-corrected chi connectivity index (χ1v) is 6.89. The molecule has 0 saturated heterocycles. The molecule has 0 radical (unpaired) electrons. The van der Waals surface area contributed by atoms with Crippen molar-refractivity contribution in [3.63, 3.8) is 0 Å². The molecule has 2 aromatic heterocycles. The molecule has 0 bridgehead atoms. The molecule has 3 aromatic rings. The Morgan fingerprint density at radius 1 is 1.23 bits per heavy atom. The zero-order valence-corrected chi connectivity index (χ0v) is 12.1. The maximum atomic E-state index is 12.1. The van der Waals surface area contributed by atoms with E-state index in [0.29, 0.717) is 11.6 Å². The van der Waals surface area contributed by atoms with Crippen LogP contribution < -0.4 is 5.32 Å². The van der Waals surface area contributed by atoms with Gasteiger partial charge in [-0.1, -0.05) is 18.2 Å². The lowest BCUT2D eigenvalue weighted by molar-refractivity contribution is -0.115. The van der Waals surface area contributed by atoms with Gasteiger partial charge in [0, 0.05) is 23.6 Å². The Kier molecular flexibility index (Phi) is 3.91. The molecule has 2 N–H and O–H groups in total. The highest BCUT2D eigenvalue weighted by molar-refractivity contribution is 5.92. The summed E-state index contributed by atoms with van der Waals surface area (Å²) in [5, 5.41) is 9.76. The predicted octanol–water partition coefficient (Wildman–Crippen LogP) is 2.36. The third-order valence-corrected chi connectivity index (χ3v) is 3.20. The van der Waals surface area contributed by atoms with E-state index in [0.717, 1.165) is 16.8 Å². The molecule has 110 valence electrons. The first-order valence-electron chi connectivity index (χ1n) is 6.89. The molecule has 1 amide bonds. The SMILES string of the molecule is Cc1ccccc1NC(=O)Cc1nc(-c2cccnc2)n[nH]1. The molecule has 0 aliphatic heterocycles. The van der Waals surface area contributed by atoms with Gasteiger partial charge in [-0.3, -0.25) is 14.9 Å². The molecule has 0 aliphatic rings. The Morgan fingerprint density at radius 2 is 2.09 bits per heavy atom. The molecule has 2 heterocycles. The Balaban J connectivity index is 1.68. The number of aryl methyl sites for hydroxylation is 1. The van der Waals surface area contributed by atoms with Crippen LogP contribution in [0.25, 0.3) is 11.4 Å². The number of aromatic amines is 1. The molecular weight excluding hydrogens is 278 g/mol. The van der Waals surface area contributed by atoms with E-state index < -0.39 is 0 Å². The highest BCUT2D eigenvalue weighted by Gasteiger charge is 2.11. The number of carbonyl (C=O) groups is 1. The van der Waals surface area contributed by atoms with Gasteiger partial charge in [-0.15, -0.1) is 0 Å². The number of carbonyl (C=O) groups excluding carboxylic acids is 1. The van der Waals surface area contributed by atoms with Crippen LogP contribution in [0.15, 0.2) is 48.8 Å². The standard InChI is InChI=1S/C16H15N5O/c1-11-5-2-3-7-13(11)18-15(22)9-14-19-16(21-20-14)12-6-4-8-17-10-12/h2-8,10H,9H2,1H3,(H,18,22)(H,19,20,21). The summed E-state index contributed by atoms with van der Waals surface area (Å²) in [6.45, 7) is 1.95. The first-order chi connectivity index (χ1) is 10.7. The fourth-order valence-corrected chi connectivity index (χ4v) is 2.06. The van der Waals surface area contributed by atoms with E-state index in [-0.39, 0.29) is 12.3 Å². The number of aromatic nitrogens is 4. The number of hydrogen-bond acceptors (Lipinski definition) is 4. The fourth-order valence-electron chi connectivity index (χ4n) is 2.06. The smallest absolute Gasteiger partial charge is 0.232 e. The van der Waals surface area contributed by atoms with Gasteiger partial charge < -0.3 is 5.32 Å². The summed E-state index contributed by atoms with van der Waals surface area (Å²) in [7, 11) is 0. The third kappa shape index (κ3) is 3.17. The molecular formula is C16H15N5O. The molecule has 3 rings (SSSR count). The highest BCUT2D eigenvalue weighted by Crippen LogP contribution is 2.14. The molecule has 6 nitrogen and oxygen atoms in total. The third-order valence-electron chi connectivity index (χ3n) is 3.20. The van der Waals surface area contributed by atoms with Crippen LogP contribution in [0, 0.1) is 6.92 Å². The fraction of sp³-hybridized carbons (Fsp3) is 0.125. The van der Waals surface area contributed by atoms with E-state index in [4.69, 9.17) is 0 Å². The van der Waals surface area contributed by atoms with Crippen molar-refractivity contribution in [2.75, 3.05) is 5.32 Å². The van der Waals surface area contributed by atoms with Crippen molar-refractivity contribution >= 4 is 11.6 Å². The second-order valence-electron chi connectivity index (χ2n) is 4.89. The molecule has 0 saturated carbocycles. The zero-order chi connectivity index (χ0) is 15.4. The number of benzene rings is 1. The molecule has 0 fully saturated rings. The van der Waals surface area contributed by atoms with Crippen LogP contribution in [0.3, 0.4) is 0 Å². The quantitative estimate of drug-likeness (QED) is 0.773. The largest absolute Gasteiger partial charge is 0.325 e. The maximum absolute atomic E-state index is 12.1. The van der Waals surface area contributed by atoms with Crippen LogP contribution in [0.5, 0.6) is 0 Å². The number of amides is 1. The summed E-state index contributed by atoms with van der Waals surface area (Å²) >= 11 is 0. The van der Waals surface area contributed by atoms with Crippen LogP contribution in [0.4, 0.5) is 5.69 Å². The van der Waals surface area contributed by atoms with Gasteiger partial charge in [0.2, 0.25) is 5.91 Å². The Bertz CT molecular complexity index is 782. The van der Waals surface area contributed by atoms with Gasteiger partial charge in [0.25, 0.3) is 0 Å². The number of pyridine rings is 1. The van der Waals surface area contributed by atoms with Crippen molar-refractivity contribution in [1.29, 1.82) is 0 Å². The van der Waals surface area contributed by atoms with Gasteiger partial charge in [-0.2, -0.15) is 5.10 Å². The highest BCUT2D eigenvalue weighted by atomic mass is 16.1. The Hall–Kier alpha value is -3.02. The van der Waals surface area contributed by atoms with Crippen molar-refractivity contribution in [1.82, 2.24) is 20.2 Å². The molecule has 0 aliphatic carbocycles. The predicted molar refractivity (Wildman–Crippen MR) is 83.1 cm³/mol. The Labute approximate surface area is 127 Å². The number of nitrogens with one attached hydrogen (secondary N) is 2. The monoisotopic (exact) mass is 293 g/mol. The number of nitrogens with zero attached hydrogens (tertiary/aromatic N) is 3. The zero-order valence-electron chi connectivity index (χ0n) is 12.1. The minimum Gasteiger partial charge on any atom is -0.325 e. The molecule has 0 spiro atoms. The summed E-state index contributed by atoms with van der Waals surface area (Å²) in [4.78, 5) is 20.4. The number of anilines is 1. The van der Waals surface area contributed by atoms with Crippen LogP contribution in [-0.4, -0.2) is 26.1 Å². The van der Waals surface area contributed by atoms with Crippen molar-refractivity contribution < 1.29 is 4.79 Å². The summed E-state index contributed by atoms with van der Waals surface area (Å²) in [6.07, 6.45) is 3.51. The summed E-state index contributed by atoms with van der Waals surface area (Å²) < 4.78 is 0. The number of H-pyrrole nitrogens is 1. The van der Waals surface area contributed by atoms with Crippen LogP contribution in [-0.2, 0) is 11.2 Å². The van der Waals surface area contributed by atoms with Crippen LogP contribution in [0.2, 0.25) is 0 Å². The first kappa shape index (κ1) is 13.9. The normalized spacial score (nSPS) is 10.4. The molecule has 6 heteroatoms. The van der Waals surface area contributed by atoms with E-state index in [1.54, 1.807) is 12.4 Å². The lowest BCUT2D eigenvalue weighted by Crippen LogP contribution is -2.15. The average Bonchev–Trinajstić information content (AvgIpc) is 2.99. The minimum absolute atomic E-state index is 0.136. The minimum atomic E-state index is -0.136.